The summed E-state index contributed by atoms with van der Waals surface area (Å²) < 4.78 is 5.19. The van der Waals surface area contributed by atoms with Crippen LogP contribution in [-0.4, -0.2) is 32.7 Å². The van der Waals surface area contributed by atoms with Gasteiger partial charge >= 0.3 is 0 Å². The van der Waals surface area contributed by atoms with Crippen molar-refractivity contribution in [3.05, 3.63) is 24.3 Å². The van der Waals surface area contributed by atoms with Crippen LogP contribution in [0.3, 0.4) is 0 Å². The van der Waals surface area contributed by atoms with E-state index in [1.165, 1.54) is 0 Å². The summed E-state index contributed by atoms with van der Waals surface area (Å²) in [7, 11) is 3.46. The number of methoxy groups -OCH3 is 1. The van der Waals surface area contributed by atoms with Crippen LogP contribution in [0, 0.1) is 5.92 Å². The molecule has 4 nitrogen and oxygen atoms in total. The van der Waals surface area contributed by atoms with Crippen LogP contribution in [0.5, 0.6) is 5.75 Å². The van der Waals surface area contributed by atoms with Gasteiger partial charge in [-0.25, -0.2) is 0 Å². The third-order valence-electron chi connectivity index (χ3n) is 3.78. The first kappa shape index (κ1) is 13.9. The average molecular weight is 262 g/mol. The molecule has 19 heavy (non-hydrogen) atoms. The van der Waals surface area contributed by atoms with Crippen LogP contribution in [0.1, 0.15) is 19.8 Å². The van der Waals surface area contributed by atoms with E-state index in [1.807, 2.05) is 31.3 Å². The Bertz CT molecular complexity index is 440. The summed E-state index contributed by atoms with van der Waals surface area (Å²) in [6, 6.07) is 8.12. The highest BCUT2D eigenvalue weighted by Crippen LogP contribution is 2.23. The van der Waals surface area contributed by atoms with E-state index in [0.29, 0.717) is 6.04 Å². The van der Waals surface area contributed by atoms with Crippen molar-refractivity contribution in [3.8, 4) is 5.75 Å². The molecule has 0 spiro atoms. The zero-order valence-corrected chi connectivity index (χ0v) is 11.8. The Morgan fingerprint density at radius 3 is 2.84 bits per heavy atom. The zero-order valence-electron chi connectivity index (χ0n) is 11.8. The number of piperidine rings is 1. The number of benzene rings is 1. The van der Waals surface area contributed by atoms with Crippen LogP contribution >= 0.6 is 0 Å². The summed E-state index contributed by atoms with van der Waals surface area (Å²) in [5.41, 5.74) is 0.878. The van der Waals surface area contributed by atoms with Crippen molar-refractivity contribution in [1.29, 1.82) is 0 Å². The van der Waals surface area contributed by atoms with E-state index in [4.69, 9.17) is 4.74 Å². The Hall–Kier alpha value is -1.55. The average Bonchev–Trinajstić information content (AvgIpc) is 2.46. The molecule has 2 atom stereocenters. The van der Waals surface area contributed by atoms with Gasteiger partial charge in [-0.3, -0.25) is 4.79 Å². The van der Waals surface area contributed by atoms with Crippen molar-refractivity contribution < 1.29 is 9.53 Å². The number of anilines is 1. The van der Waals surface area contributed by atoms with E-state index >= 15 is 0 Å². The van der Waals surface area contributed by atoms with Gasteiger partial charge < -0.3 is 15.0 Å². The molecule has 1 fully saturated rings. The third kappa shape index (κ3) is 3.26. The van der Waals surface area contributed by atoms with Crippen LogP contribution in [0.25, 0.3) is 0 Å². The molecule has 1 aromatic carbocycles. The monoisotopic (exact) mass is 262 g/mol. The Balaban J connectivity index is 2.05. The van der Waals surface area contributed by atoms with Gasteiger partial charge in [0.1, 0.15) is 5.75 Å². The van der Waals surface area contributed by atoms with Gasteiger partial charge in [-0.05, 0) is 31.9 Å². The number of carbonyl (C=O) groups is 1. The fourth-order valence-electron chi connectivity index (χ4n) is 2.43. The number of amides is 1. The van der Waals surface area contributed by atoms with E-state index < -0.39 is 0 Å². The van der Waals surface area contributed by atoms with Crippen LogP contribution < -0.4 is 15.0 Å². The maximum absolute atomic E-state index is 12.4. The van der Waals surface area contributed by atoms with Crippen LogP contribution in [0.2, 0.25) is 0 Å². The molecule has 1 heterocycles. The lowest BCUT2D eigenvalue weighted by molar-refractivity contribution is -0.122. The molecule has 1 aliphatic heterocycles. The van der Waals surface area contributed by atoms with Gasteiger partial charge in [0.05, 0.1) is 13.0 Å². The number of rotatable bonds is 3. The van der Waals surface area contributed by atoms with Crippen molar-refractivity contribution in [3.63, 3.8) is 0 Å². The molecule has 0 aliphatic carbocycles. The molecule has 0 saturated carbocycles. The molecule has 1 N–H and O–H groups in total. The van der Waals surface area contributed by atoms with E-state index in [1.54, 1.807) is 12.0 Å². The van der Waals surface area contributed by atoms with Crippen molar-refractivity contribution in [2.45, 2.75) is 25.8 Å². The lowest BCUT2D eigenvalue weighted by Crippen LogP contribution is -2.44. The molecule has 1 amide bonds. The van der Waals surface area contributed by atoms with Gasteiger partial charge in [0.15, 0.2) is 0 Å². The molecule has 1 aromatic rings. The fourth-order valence-corrected chi connectivity index (χ4v) is 2.43. The first-order valence-corrected chi connectivity index (χ1v) is 6.77. The summed E-state index contributed by atoms with van der Waals surface area (Å²) in [6.45, 7) is 2.93. The second-order valence-corrected chi connectivity index (χ2v) is 5.18. The van der Waals surface area contributed by atoms with Crippen LogP contribution in [-0.2, 0) is 4.79 Å². The SMILES string of the molecule is COc1cccc(N(C)C(=O)C2CCC(C)NC2)c1. The summed E-state index contributed by atoms with van der Waals surface area (Å²) in [6.07, 6.45) is 2.02. The van der Waals surface area contributed by atoms with Crippen molar-refractivity contribution in [2.75, 3.05) is 25.6 Å². The minimum absolute atomic E-state index is 0.0763. The second kappa shape index (κ2) is 6.06. The molecule has 1 saturated heterocycles. The van der Waals surface area contributed by atoms with Crippen molar-refractivity contribution in [2.24, 2.45) is 5.92 Å². The highest BCUT2D eigenvalue weighted by atomic mass is 16.5. The first-order chi connectivity index (χ1) is 9.11. The number of hydrogen-bond donors (Lipinski definition) is 1. The molecule has 0 aromatic heterocycles. The molecular weight excluding hydrogens is 240 g/mol. The van der Waals surface area contributed by atoms with E-state index in [9.17, 15) is 4.79 Å². The first-order valence-electron chi connectivity index (χ1n) is 6.77. The zero-order chi connectivity index (χ0) is 13.8. The molecule has 0 bridgehead atoms. The second-order valence-electron chi connectivity index (χ2n) is 5.18. The number of nitrogens with one attached hydrogen (secondary N) is 1. The maximum atomic E-state index is 12.4. The molecule has 0 radical (unpaired) electrons. The summed E-state index contributed by atoms with van der Waals surface area (Å²) in [5, 5.41) is 3.37. The topological polar surface area (TPSA) is 41.6 Å². The maximum Gasteiger partial charge on any atom is 0.231 e. The molecule has 104 valence electrons. The largest absolute Gasteiger partial charge is 0.497 e. The predicted octanol–water partition coefficient (Wildman–Crippen LogP) is 2.05. The molecule has 2 unspecified atom stereocenters. The Morgan fingerprint density at radius 2 is 2.21 bits per heavy atom. The number of nitrogens with zero attached hydrogens (tertiary/aromatic N) is 1. The quantitative estimate of drug-likeness (QED) is 0.906. The normalized spacial score (nSPS) is 22.9. The Morgan fingerprint density at radius 1 is 1.42 bits per heavy atom. The van der Waals surface area contributed by atoms with Gasteiger partial charge in [-0.2, -0.15) is 0 Å². The Labute approximate surface area is 114 Å². The van der Waals surface area contributed by atoms with Gasteiger partial charge in [-0.15, -0.1) is 0 Å². The molecular formula is C15H22N2O2. The summed E-state index contributed by atoms with van der Waals surface area (Å²) in [4.78, 5) is 14.2. The fraction of sp³-hybridized carbons (Fsp3) is 0.533. The highest BCUT2D eigenvalue weighted by Gasteiger charge is 2.26. The smallest absolute Gasteiger partial charge is 0.231 e. The van der Waals surface area contributed by atoms with Gasteiger partial charge in [0.2, 0.25) is 5.91 Å². The Kier molecular flexibility index (Phi) is 4.43. The minimum Gasteiger partial charge on any atom is -0.497 e. The lowest BCUT2D eigenvalue weighted by atomic mass is 9.94. The number of hydrogen-bond acceptors (Lipinski definition) is 3. The molecule has 4 heteroatoms. The summed E-state index contributed by atoms with van der Waals surface area (Å²) in [5.74, 6) is 1.02. The number of ether oxygens (including phenoxy) is 1. The van der Waals surface area contributed by atoms with Crippen molar-refractivity contribution in [1.82, 2.24) is 5.32 Å². The van der Waals surface area contributed by atoms with Crippen LogP contribution in [0.4, 0.5) is 5.69 Å². The minimum atomic E-state index is 0.0763. The molecule has 1 aliphatic rings. The lowest BCUT2D eigenvalue weighted by Gasteiger charge is -2.30. The van der Waals surface area contributed by atoms with Gasteiger partial charge in [-0.1, -0.05) is 6.07 Å². The number of carbonyl (C=O) groups excluding carboxylic acids is 1. The molecule has 2 rings (SSSR count). The van der Waals surface area contributed by atoms with Gasteiger partial charge in [0, 0.05) is 31.4 Å². The highest BCUT2D eigenvalue weighted by molar-refractivity contribution is 5.94. The van der Waals surface area contributed by atoms with E-state index in [0.717, 1.165) is 30.8 Å². The third-order valence-corrected chi connectivity index (χ3v) is 3.78. The van der Waals surface area contributed by atoms with E-state index in [2.05, 4.69) is 12.2 Å². The van der Waals surface area contributed by atoms with E-state index in [-0.39, 0.29) is 11.8 Å². The van der Waals surface area contributed by atoms with Crippen LogP contribution in [0.15, 0.2) is 24.3 Å². The standard InChI is InChI=1S/C15H22N2O2/c1-11-7-8-12(10-16-11)15(18)17(2)13-5-4-6-14(9-13)19-3/h4-6,9,11-12,16H,7-8,10H2,1-3H3. The van der Waals surface area contributed by atoms with Gasteiger partial charge in [0.25, 0.3) is 0 Å². The summed E-state index contributed by atoms with van der Waals surface area (Å²) >= 11 is 0. The van der Waals surface area contributed by atoms with Crippen molar-refractivity contribution >= 4 is 11.6 Å². The predicted molar refractivity (Wildman–Crippen MR) is 76.6 cm³/mol.